The number of para-hydroxylation sites is 1. The maximum absolute atomic E-state index is 12.4. The molecule has 0 fully saturated rings. The Bertz CT molecular complexity index is 1010. The lowest BCUT2D eigenvalue weighted by atomic mass is 10.1. The summed E-state index contributed by atoms with van der Waals surface area (Å²) >= 11 is 1.49. The predicted molar refractivity (Wildman–Crippen MR) is 108 cm³/mol. The summed E-state index contributed by atoms with van der Waals surface area (Å²) in [6.07, 6.45) is 4.68. The molecule has 0 radical (unpaired) electrons. The first kappa shape index (κ1) is 18.8. The van der Waals surface area contributed by atoms with Crippen LogP contribution in [0.5, 0.6) is 0 Å². The molecule has 3 aromatic rings. The van der Waals surface area contributed by atoms with E-state index in [-0.39, 0.29) is 12.4 Å². The van der Waals surface area contributed by atoms with Crippen molar-refractivity contribution >= 4 is 39.4 Å². The first-order valence-electron chi connectivity index (χ1n) is 8.51. The van der Waals surface area contributed by atoms with Crippen molar-refractivity contribution < 1.29 is 14.3 Å². The van der Waals surface area contributed by atoms with Crippen LogP contribution in [0.15, 0.2) is 49.1 Å². The number of hydrogen-bond donors (Lipinski definition) is 0. The molecule has 0 saturated heterocycles. The third-order valence-electron chi connectivity index (χ3n) is 4.20. The summed E-state index contributed by atoms with van der Waals surface area (Å²) < 4.78 is 8.14. The third kappa shape index (κ3) is 4.23. The number of rotatable bonds is 7. The maximum Gasteiger partial charge on any atom is 0.331 e. The topological polar surface area (TPSA) is 61.2 Å². The smallest absolute Gasteiger partial charge is 0.331 e. The first-order valence-corrected chi connectivity index (χ1v) is 9.32. The van der Waals surface area contributed by atoms with Crippen LogP contribution in [0.4, 0.5) is 0 Å². The predicted octanol–water partition coefficient (Wildman–Crippen LogP) is 4.34. The Kier molecular flexibility index (Phi) is 5.66. The second kappa shape index (κ2) is 8.14. The van der Waals surface area contributed by atoms with Gasteiger partial charge in [0.2, 0.25) is 5.78 Å². The summed E-state index contributed by atoms with van der Waals surface area (Å²) in [4.78, 5) is 28.7. The highest BCUT2D eigenvalue weighted by molar-refractivity contribution is 7.19. The summed E-state index contributed by atoms with van der Waals surface area (Å²) in [6, 6.07) is 9.57. The SMILES string of the molecule is C=CCn1c(C)cc(C(=O)COC(=O)C=Cc2nc3ccccc3s2)c1C. The molecule has 27 heavy (non-hydrogen) atoms. The average Bonchev–Trinajstić information content (AvgIpc) is 3.20. The van der Waals surface area contributed by atoms with E-state index >= 15 is 0 Å². The molecule has 0 aliphatic heterocycles. The van der Waals surface area contributed by atoms with E-state index < -0.39 is 5.97 Å². The average molecular weight is 380 g/mol. The van der Waals surface area contributed by atoms with Gasteiger partial charge in [-0.15, -0.1) is 17.9 Å². The molecule has 0 amide bonds. The molecule has 3 rings (SSSR count). The Balaban J connectivity index is 1.61. The molecule has 1 aromatic carbocycles. The number of carbonyl (C=O) groups excluding carboxylic acids is 2. The number of benzene rings is 1. The maximum atomic E-state index is 12.4. The number of Topliss-reactive ketones (excluding diaryl/α,β-unsaturated/α-hetero) is 1. The van der Waals surface area contributed by atoms with Gasteiger partial charge in [0.15, 0.2) is 6.61 Å². The Morgan fingerprint density at radius 2 is 2.07 bits per heavy atom. The van der Waals surface area contributed by atoms with Crippen LogP contribution in [0.25, 0.3) is 16.3 Å². The number of hydrogen-bond acceptors (Lipinski definition) is 5. The zero-order valence-electron chi connectivity index (χ0n) is 15.3. The van der Waals surface area contributed by atoms with Crippen molar-refractivity contribution in [3.05, 3.63) is 71.0 Å². The monoisotopic (exact) mass is 380 g/mol. The molecule has 5 nitrogen and oxygen atoms in total. The van der Waals surface area contributed by atoms with Crippen molar-refractivity contribution in [3.63, 3.8) is 0 Å². The number of aryl methyl sites for hydroxylation is 1. The van der Waals surface area contributed by atoms with E-state index in [1.807, 2.05) is 48.7 Å². The number of ether oxygens (including phenoxy) is 1. The van der Waals surface area contributed by atoms with Gasteiger partial charge in [0.05, 0.1) is 10.2 Å². The van der Waals surface area contributed by atoms with Crippen molar-refractivity contribution in [1.29, 1.82) is 0 Å². The summed E-state index contributed by atoms with van der Waals surface area (Å²) in [5, 5.41) is 0.715. The summed E-state index contributed by atoms with van der Waals surface area (Å²) in [7, 11) is 0. The van der Waals surface area contributed by atoms with Crippen LogP contribution < -0.4 is 0 Å². The fourth-order valence-electron chi connectivity index (χ4n) is 2.86. The molecule has 138 valence electrons. The minimum absolute atomic E-state index is 0.222. The molecule has 0 bridgehead atoms. The molecule has 0 N–H and O–H groups in total. The summed E-state index contributed by atoms with van der Waals surface area (Å²) in [6.45, 7) is 7.87. The van der Waals surface area contributed by atoms with E-state index in [0.717, 1.165) is 21.6 Å². The number of aromatic nitrogens is 2. The van der Waals surface area contributed by atoms with Gasteiger partial charge >= 0.3 is 5.97 Å². The van der Waals surface area contributed by atoms with E-state index in [9.17, 15) is 9.59 Å². The van der Waals surface area contributed by atoms with Gasteiger partial charge in [-0.3, -0.25) is 4.79 Å². The molecule has 0 aliphatic carbocycles. The zero-order chi connectivity index (χ0) is 19.4. The van der Waals surface area contributed by atoms with E-state index in [2.05, 4.69) is 11.6 Å². The molecular formula is C21H20N2O3S. The van der Waals surface area contributed by atoms with Gasteiger partial charge in [0, 0.05) is 29.6 Å². The molecule has 6 heteroatoms. The number of fused-ring (bicyclic) bond motifs is 1. The van der Waals surface area contributed by atoms with Crippen molar-refractivity contribution in [2.45, 2.75) is 20.4 Å². The molecule has 0 aliphatic rings. The minimum Gasteiger partial charge on any atom is -0.454 e. The number of allylic oxidation sites excluding steroid dienone is 1. The van der Waals surface area contributed by atoms with Crippen LogP contribution in [0, 0.1) is 13.8 Å². The van der Waals surface area contributed by atoms with Gasteiger partial charge in [-0.05, 0) is 38.1 Å². The van der Waals surface area contributed by atoms with Crippen molar-refractivity contribution in [1.82, 2.24) is 9.55 Å². The highest BCUT2D eigenvalue weighted by atomic mass is 32.1. The molecular weight excluding hydrogens is 360 g/mol. The van der Waals surface area contributed by atoms with E-state index in [4.69, 9.17) is 4.74 Å². The molecule has 0 saturated carbocycles. The lowest BCUT2D eigenvalue weighted by Gasteiger charge is -2.06. The number of thiazole rings is 1. The number of carbonyl (C=O) groups is 2. The van der Waals surface area contributed by atoms with Crippen molar-refractivity contribution in [2.24, 2.45) is 0 Å². The zero-order valence-corrected chi connectivity index (χ0v) is 16.1. The number of esters is 1. The second-order valence-corrected chi connectivity index (χ2v) is 7.13. The van der Waals surface area contributed by atoms with Crippen LogP contribution in [-0.2, 0) is 16.1 Å². The number of ketones is 1. The van der Waals surface area contributed by atoms with E-state index in [1.165, 1.54) is 17.4 Å². The van der Waals surface area contributed by atoms with Crippen LogP contribution >= 0.6 is 11.3 Å². The van der Waals surface area contributed by atoms with Crippen LogP contribution in [-0.4, -0.2) is 27.9 Å². The van der Waals surface area contributed by atoms with E-state index in [0.29, 0.717) is 17.1 Å². The van der Waals surface area contributed by atoms with E-state index in [1.54, 1.807) is 12.2 Å². The Labute approximate surface area is 161 Å². The number of nitrogens with zero attached hydrogens (tertiary/aromatic N) is 2. The van der Waals surface area contributed by atoms with Gasteiger partial charge in [-0.25, -0.2) is 9.78 Å². The second-order valence-electron chi connectivity index (χ2n) is 6.07. The highest BCUT2D eigenvalue weighted by Gasteiger charge is 2.16. The summed E-state index contributed by atoms with van der Waals surface area (Å²) in [5.41, 5.74) is 3.27. The van der Waals surface area contributed by atoms with Crippen molar-refractivity contribution in [3.8, 4) is 0 Å². The lowest BCUT2D eigenvalue weighted by Crippen LogP contribution is -2.13. The van der Waals surface area contributed by atoms with Crippen LogP contribution in [0.1, 0.15) is 26.8 Å². The van der Waals surface area contributed by atoms with Crippen LogP contribution in [0.3, 0.4) is 0 Å². The van der Waals surface area contributed by atoms with Gasteiger partial charge < -0.3 is 9.30 Å². The van der Waals surface area contributed by atoms with Crippen molar-refractivity contribution in [2.75, 3.05) is 6.61 Å². The molecule has 0 atom stereocenters. The Morgan fingerprint density at radius 3 is 2.81 bits per heavy atom. The lowest BCUT2D eigenvalue weighted by molar-refractivity contribution is -0.136. The van der Waals surface area contributed by atoms with Gasteiger partial charge in [0.1, 0.15) is 5.01 Å². The van der Waals surface area contributed by atoms with Gasteiger partial charge in [0.25, 0.3) is 0 Å². The summed E-state index contributed by atoms with van der Waals surface area (Å²) in [5.74, 6) is -0.789. The van der Waals surface area contributed by atoms with Crippen LogP contribution in [0.2, 0.25) is 0 Å². The standard InChI is InChI=1S/C21H20N2O3S/c1-4-11-23-14(2)12-16(15(23)3)18(24)13-26-21(25)10-9-20-22-17-7-5-6-8-19(17)27-20/h4-10,12H,1,11,13H2,2-3H3. The Hall–Kier alpha value is -2.99. The molecule has 2 heterocycles. The largest absolute Gasteiger partial charge is 0.454 e. The molecule has 0 unspecified atom stereocenters. The molecule has 2 aromatic heterocycles. The quantitative estimate of drug-likeness (QED) is 0.265. The first-order chi connectivity index (χ1) is 13.0. The molecule has 0 spiro atoms. The van der Waals surface area contributed by atoms with Gasteiger partial charge in [-0.2, -0.15) is 0 Å². The normalized spacial score (nSPS) is 11.2. The fourth-order valence-corrected chi connectivity index (χ4v) is 3.73. The Morgan fingerprint density at radius 1 is 1.30 bits per heavy atom. The van der Waals surface area contributed by atoms with Gasteiger partial charge in [-0.1, -0.05) is 18.2 Å². The third-order valence-corrected chi connectivity index (χ3v) is 5.21. The minimum atomic E-state index is -0.567. The highest BCUT2D eigenvalue weighted by Crippen LogP contribution is 2.22. The fraction of sp³-hybridized carbons (Fsp3) is 0.190.